The molecule has 0 saturated heterocycles. The van der Waals surface area contributed by atoms with Crippen LogP contribution in [0.3, 0.4) is 0 Å². The summed E-state index contributed by atoms with van der Waals surface area (Å²) in [7, 11) is 0. The molecule has 4 aromatic rings. The van der Waals surface area contributed by atoms with Crippen LogP contribution < -0.4 is 0 Å². The molecule has 0 unspecified atom stereocenters. The largest absolute Gasteiger partial charge is 0.302 e. The van der Waals surface area contributed by atoms with E-state index in [9.17, 15) is 0 Å². The summed E-state index contributed by atoms with van der Waals surface area (Å²) in [6.45, 7) is 4.63. The van der Waals surface area contributed by atoms with Crippen LogP contribution in [-0.4, -0.2) is 24.5 Å². The number of allylic oxidation sites excluding steroid dienone is 1. The SMILES string of the molecule is C=CCn1c(Cc2ccccc2)nnc1SCc1nn(-c2ccccc2)c2c1CCC2. The average molecular weight is 428 g/mol. The third-order valence-electron chi connectivity index (χ3n) is 5.66. The van der Waals surface area contributed by atoms with Crippen LogP contribution in [0, 0.1) is 0 Å². The van der Waals surface area contributed by atoms with E-state index in [1.54, 1.807) is 11.8 Å². The highest BCUT2D eigenvalue weighted by atomic mass is 32.2. The lowest BCUT2D eigenvalue weighted by Gasteiger charge is -2.08. The minimum atomic E-state index is 0.702. The van der Waals surface area contributed by atoms with E-state index in [0.29, 0.717) is 6.54 Å². The van der Waals surface area contributed by atoms with E-state index in [1.165, 1.54) is 28.9 Å². The summed E-state index contributed by atoms with van der Waals surface area (Å²) in [4.78, 5) is 0. The standard InChI is InChI=1S/C25H25N5S/c1-2-16-29-24(17-19-10-5-3-6-11-19)26-27-25(29)31-18-22-21-14-9-15-23(21)30(28-22)20-12-7-4-8-13-20/h2-8,10-13H,1,9,14-18H2. The van der Waals surface area contributed by atoms with Crippen molar-refractivity contribution in [2.45, 2.75) is 43.1 Å². The number of rotatable bonds is 8. The van der Waals surface area contributed by atoms with Gasteiger partial charge >= 0.3 is 0 Å². The highest BCUT2D eigenvalue weighted by molar-refractivity contribution is 7.98. The smallest absolute Gasteiger partial charge is 0.191 e. The summed E-state index contributed by atoms with van der Waals surface area (Å²) in [6.07, 6.45) is 6.07. The second-order valence-corrected chi connectivity index (χ2v) is 8.66. The molecule has 0 spiro atoms. The van der Waals surface area contributed by atoms with Gasteiger partial charge in [0.2, 0.25) is 0 Å². The molecule has 2 aromatic carbocycles. The van der Waals surface area contributed by atoms with Gasteiger partial charge in [0, 0.05) is 24.4 Å². The fourth-order valence-corrected chi connectivity index (χ4v) is 5.12. The van der Waals surface area contributed by atoms with Gasteiger partial charge in [0.05, 0.1) is 11.4 Å². The van der Waals surface area contributed by atoms with Crippen molar-refractivity contribution in [2.24, 2.45) is 0 Å². The number of para-hydroxylation sites is 1. The van der Waals surface area contributed by atoms with Gasteiger partial charge in [-0.15, -0.1) is 16.8 Å². The molecule has 2 aromatic heterocycles. The fraction of sp³-hybridized carbons (Fsp3) is 0.240. The molecular weight excluding hydrogens is 402 g/mol. The third-order valence-corrected chi connectivity index (χ3v) is 6.64. The van der Waals surface area contributed by atoms with Crippen molar-refractivity contribution in [3.05, 3.63) is 102 Å². The maximum absolute atomic E-state index is 4.99. The molecule has 0 N–H and O–H groups in total. The molecule has 5 rings (SSSR count). The van der Waals surface area contributed by atoms with Crippen molar-refractivity contribution in [2.75, 3.05) is 0 Å². The third kappa shape index (κ3) is 4.08. The lowest BCUT2D eigenvalue weighted by Crippen LogP contribution is -2.05. The second kappa shape index (κ2) is 8.94. The molecule has 0 atom stereocenters. The normalized spacial score (nSPS) is 12.8. The minimum absolute atomic E-state index is 0.702. The monoisotopic (exact) mass is 427 g/mol. The lowest BCUT2D eigenvalue weighted by atomic mass is 10.1. The van der Waals surface area contributed by atoms with Crippen LogP contribution in [0.5, 0.6) is 0 Å². The number of nitrogens with zero attached hydrogens (tertiary/aromatic N) is 5. The molecule has 31 heavy (non-hydrogen) atoms. The first kappa shape index (κ1) is 19.8. The van der Waals surface area contributed by atoms with Crippen molar-refractivity contribution < 1.29 is 0 Å². The first-order chi connectivity index (χ1) is 15.3. The van der Waals surface area contributed by atoms with E-state index in [2.05, 4.69) is 74.6 Å². The van der Waals surface area contributed by atoms with Gasteiger partial charge in [0.1, 0.15) is 5.82 Å². The molecule has 1 aliphatic rings. The van der Waals surface area contributed by atoms with Crippen molar-refractivity contribution >= 4 is 11.8 Å². The molecule has 0 aliphatic heterocycles. The van der Waals surface area contributed by atoms with Crippen LogP contribution in [-0.2, 0) is 31.6 Å². The Morgan fingerprint density at radius 3 is 2.52 bits per heavy atom. The van der Waals surface area contributed by atoms with Crippen LogP contribution in [0.4, 0.5) is 0 Å². The highest BCUT2D eigenvalue weighted by Crippen LogP contribution is 2.31. The molecule has 0 bridgehead atoms. The first-order valence-electron chi connectivity index (χ1n) is 10.7. The van der Waals surface area contributed by atoms with Gasteiger partial charge < -0.3 is 4.57 Å². The van der Waals surface area contributed by atoms with Gasteiger partial charge in [-0.05, 0) is 42.5 Å². The predicted octanol–water partition coefficient (Wildman–Crippen LogP) is 5.02. The Morgan fingerprint density at radius 1 is 0.968 bits per heavy atom. The Hall–Kier alpha value is -3.12. The molecule has 0 saturated carbocycles. The Labute approximate surface area is 186 Å². The minimum Gasteiger partial charge on any atom is -0.302 e. The first-order valence-corrected chi connectivity index (χ1v) is 11.7. The van der Waals surface area contributed by atoms with Gasteiger partial charge in [-0.1, -0.05) is 66.4 Å². The second-order valence-electron chi connectivity index (χ2n) is 7.72. The van der Waals surface area contributed by atoms with Crippen LogP contribution in [0.25, 0.3) is 5.69 Å². The summed E-state index contributed by atoms with van der Waals surface area (Å²) in [5.74, 6) is 1.76. The Bertz CT molecular complexity index is 1180. The van der Waals surface area contributed by atoms with Crippen LogP contribution >= 0.6 is 11.8 Å². The van der Waals surface area contributed by atoms with Gasteiger partial charge in [0.15, 0.2) is 5.16 Å². The number of thioether (sulfide) groups is 1. The van der Waals surface area contributed by atoms with Gasteiger partial charge in [-0.2, -0.15) is 5.10 Å². The molecular formula is C25H25N5S. The quantitative estimate of drug-likeness (QED) is 0.293. The molecule has 2 heterocycles. The fourth-order valence-electron chi connectivity index (χ4n) is 4.19. The molecule has 5 nitrogen and oxygen atoms in total. The van der Waals surface area contributed by atoms with Crippen LogP contribution in [0.1, 0.15) is 34.8 Å². The van der Waals surface area contributed by atoms with Gasteiger partial charge in [-0.3, -0.25) is 0 Å². The Kier molecular flexibility index (Phi) is 5.71. The summed E-state index contributed by atoms with van der Waals surface area (Å²) >= 11 is 1.71. The molecule has 0 radical (unpaired) electrons. The van der Waals surface area contributed by atoms with E-state index >= 15 is 0 Å². The van der Waals surface area contributed by atoms with Gasteiger partial charge in [0.25, 0.3) is 0 Å². The average Bonchev–Trinajstić information content (AvgIpc) is 3.51. The van der Waals surface area contributed by atoms with Gasteiger partial charge in [-0.25, -0.2) is 4.68 Å². The van der Waals surface area contributed by atoms with Crippen molar-refractivity contribution in [3.63, 3.8) is 0 Å². The van der Waals surface area contributed by atoms with Crippen molar-refractivity contribution in [1.29, 1.82) is 0 Å². The molecule has 6 heteroatoms. The lowest BCUT2D eigenvalue weighted by molar-refractivity contribution is 0.690. The number of benzene rings is 2. The van der Waals surface area contributed by atoms with Crippen LogP contribution in [0.15, 0.2) is 78.5 Å². The van der Waals surface area contributed by atoms with E-state index in [-0.39, 0.29) is 0 Å². The zero-order valence-corrected chi connectivity index (χ0v) is 18.3. The van der Waals surface area contributed by atoms with E-state index in [0.717, 1.165) is 41.7 Å². The number of hydrogen-bond acceptors (Lipinski definition) is 4. The van der Waals surface area contributed by atoms with Crippen molar-refractivity contribution in [3.8, 4) is 5.69 Å². The Morgan fingerprint density at radius 2 is 1.74 bits per heavy atom. The van der Waals surface area contributed by atoms with E-state index in [4.69, 9.17) is 5.10 Å². The zero-order valence-electron chi connectivity index (χ0n) is 17.4. The van der Waals surface area contributed by atoms with E-state index < -0.39 is 0 Å². The zero-order chi connectivity index (χ0) is 21.0. The molecule has 1 aliphatic carbocycles. The highest BCUT2D eigenvalue weighted by Gasteiger charge is 2.24. The summed E-state index contributed by atoms with van der Waals surface area (Å²) in [5.41, 5.74) is 6.31. The number of aromatic nitrogens is 5. The number of fused-ring (bicyclic) bond motifs is 1. The van der Waals surface area contributed by atoms with E-state index in [1.807, 2.05) is 18.2 Å². The topological polar surface area (TPSA) is 48.5 Å². The summed E-state index contributed by atoms with van der Waals surface area (Å²) in [6, 6.07) is 20.8. The maximum atomic E-state index is 4.99. The summed E-state index contributed by atoms with van der Waals surface area (Å²) in [5, 5.41) is 14.9. The predicted molar refractivity (Wildman–Crippen MR) is 125 cm³/mol. The summed E-state index contributed by atoms with van der Waals surface area (Å²) < 4.78 is 4.30. The molecule has 0 fully saturated rings. The molecule has 156 valence electrons. The Balaban J connectivity index is 1.39. The number of hydrogen-bond donors (Lipinski definition) is 0. The van der Waals surface area contributed by atoms with Crippen LogP contribution in [0.2, 0.25) is 0 Å². The molecule has 0 amide bonds. The maximum Gasteiger partial charge on any atom is 0.191 e. The van der Waals surface area contributed by atoms with Crippen molar-refractivity contribution in [1.82, 2.24) is 24.5 Å².